The summed E-state index contributed by atoms with van der Waals surface area (Å²) in [6.45, 7) is -1.18. The highest BCUT2D eigenvalue weighted by molar-refractivity contribution is 8.01. The number of esters is 1. The number of alkyl halides is 3. The zero-order valence-electron chi connectivity index (χ0n) is 17.6. The van der Waals surface area contributed by atoms with Crippen LogP contribution in [0, 0.1) is 5.82 Å². The molecular weight excluding hydrogens is 464 g/mol. The molecule has 0 aromatic heterocycles. The summed E-state index contributed by atoms with van der Waals surface area (Å²) in [6.07, 6.45) is -4.62. The molecule has 0 saturated carbocycles. The second-order valence-electron chi connectivity index (χ2n) is 6.97. The van der Waals surface area contributed by atoms with Gasteiger partial charge in [-0.05, 0) is 36.8 Å². The van der Waals surface area contributed by atoms with Crippen LogP contribution in [0.1, 0.15) is 12.5 Å². The Labute approximate surface area is 192 Å². The second kappa shape index (κ2) is 12.2. The van der Waals surface area contributed by atoms with Crippen LogP contribution >= 0.6 is 11.8 Å². The number of thioether (sulfide) groups is 1. The maximum Gasteiger partial charge on any atom is 0.406 e. The minimum Gasteiger partial charge on any atom is -0.455 e. The van der Waals surface area contributed by atoms with Crippen LogP contribution in [0.2, 0.25) is 0 Å². The Morgan fingerprint density at radius 2 is 1.70 bits per heavy atom. The van der Waals surface area contributed by atoms with Gasteiger partial charge in [0.25, 0.3) is 5.91 Å². The number of carbonyl (C=O) groups excluding carboxylic acids is 3. The third-order valence-corrected chi connectivity index (χ3v) is 5.32. The van der Waals surface area contributed by atoms with Crippen molar-refractivity contribution in [1.82, 2.24) is 4.90 Å². The molecule has 0 aliphatic rings. The predicted molar refractivity (Wildman–Crippen MR) is 116 cm³/mol. The number of amides is 2. The topological polar surface area (TPSA) is 75.7 Å². The van der Waals surface area contributed by atoms with Crippen LogP contribution < -0.4 is 5.32 Å². The van der Waals surface area contributed by atoms with Crippen LogP contribution in [0.25, 0.3) is 0 Å². The van der Waals surface area contributed by atoms with Crippen molar-refractivity contribution >= 4 is 35.2 Å². The lowest BCUT2D eigenvalue weighted by atomic mass is 10.2. The van der Waals surface area contributed by atoms with Crippen molar-refractivity contribution in [3.05, 3.63) is 66.0 Å². The van der Waals surface area contributed by atoms with Crippen molar-refractivity contribution in [3.8, 4) is 0 Å². The van der Waals surface area contributed by atoms with E-state index in [-0.39, 0.29) is 12.3 Å². The number of halogens is 4. The number of ether oxygens (including phenoxy) is 1. The lowest BCUT2D eigenvalue weighted by Crippen LogP contribution is -2.41. The molecule has 2 aromatic rings. The Kier molecular flexibility index (Phi) is 9.71. The summed E-state index contributed by atoms with van der Waals surface area (Å²) in [4.78, 5) is 36.9. The molecule has 1 atom stereocenters. The lowest BCUT2D eigenvalue weighted by Gasteiger charge is -2.24. The summed E-state index contributed by atoms with van der Waals surface area (Å²) < 4.78 is 56.4. The Hall–Kier alpha value is -3.08. The van der Waals surface area contributed by atoms with Crippen LogP contribution in [0.4, 0.5) is 23.2 Å². The molecule has 0 heterocycles. The van der Waals surface area contributed by atoms with E-state index in [1.54, 1.807) is 30.3 Å². The summed E-state index contributed by atoms with van der Waals surface area (Å²) in [6, 6.07) is 13.2. The zero-order chi connectivity index (χ0) is 24.4. The number of nitrogens with zero attached hydrogens (tertiary/aromatic N) is 1. The van der Waals surface area contributed by atoms with Crippen molar-refractivity contribution in [2.75, 3.05) is 24.2 Å². The molecule has 0 unspecified atom stereocenters. The number of benzene rings is 2. The van der Waals surface area contributed by atoms with Crippen LogP contribution in [0.5, 0.6) is 0 Å². The molecule has 0 aliphatic heterocycles. The van der Waals surface area contributed by atoms with Gasteiger partial charge in [-0.25, -0.2) is 4.39 Å². The van der Waals surface area contributed by atoms with Crippen LogP contribution in [0.15, 0.2) is 54.6 Å². The first kappa shape index (κ1) is 26.2. The van der Waals surface area contributed by atoms with Crippen molar-refractivity contribution in [1.29, 1.82) is 0 Å². The quantitative estimate of drug-likeness (QED) is 0.406. The molecule has 0 saturated heterocycles. The van der Waals surface area contributed by atoms with Crippen molar-refractivity contribution < 1.29 is 36.7 Å². The fourth-order valence-corrected chi connectivity index (χ4v) is 3.27. The molecule has 2 amide bonds. The first-order valence-electron chi connectivity index (χ1n) is 9.75. The normalized spacial score (nSPS) is 12.0. The maximum atomic E-state index is 12.9. The van der Waals surface area contributed by atoms with Gasteiger partial charge in [-0.2, -0.15) is 13.2 Å². The number of rotatable bonds is 10. The maximum absolute atomic E-state index is 12.9. The Bertz CT molecular complexity index is 940. The smallest absolute Gasteiger partial charge is 0.406 e. The van der Waals surface area contributed by atoms with E-state index in [2.05, 4.69) is 5.32 Å². The third-order valence-electron chi connectivity index (χ3n) is 4.20. The van der Waals surface area contributed by atoms with E-state index in [9.17, 15) is 31.9 Å². The Morgan fingerprint density at radius 3 is 2.30 bits per heavy atom. The van der Waals surface area contributed by atoms with Gasteiger partial charge < -0.3 is 15.0 Å². The van der Waals surface area contributed by atoms with E-state index < -0.39 is 48.2 Å². The van der Waals surface area contributed by atoms with Gasteiger partial charge in [0.2, 0.25) is 5.91 Å². The number of carbonyl (C=O) groups is 3. The van der Waals surface area contributed by atoms with Gasteiger partial charge in [-0.15, -0.1) is 11.8 Å². The molecule has 0 bridgehead atoms. The van der Waals surface area contributed by atoms with E-state index in [0.717, 1.165) is 11.8 Å². The SMILES string of the molecule is C[C@H](SCC(=O)Nc1ccc(F)cc1)C(=O)OCC(=O)N(Cc1ccccc1)CC(F)(F)F. The molecule has 0 radical (unpaired) electrons. The molecule has 2 aromatic carbocycles. The van der Waals surface area contributed by atoms with Gasteiger partial charge in [0.15, 0.2) is 6.61 Å². The molecular formula is C22H22F4N2O4S. The van der Waals surface area contributed by atoms with Gasteiger partial charge in [-0.3, -0.25) is 14.4 Å². The van der Waals surface area contributed by atoms with Crippen molar-refractivity contribution in [2.45, 2.75) is 24.9 Å². The summed E-state index contributed by atoms with van der Waals surface area (Å²) in [7, 11) is 0. The average molecular weight is 486 g/mol. The first-order chi connectivity index (χ1) is 15.5. The highest BCUT2D eigenvalue weighted by atomic mass is 32.2. The van der Waals surface area contributed by atoms with Crippen LogP contribution in [-0.2, 0) is 25.7 Å². The minimum atomic E-state index is -4.62. The molecule has 178 valence electrons. The lowest BCUT2D eigenvalue weighted by molar-refractivity contribution is -0.167. The predicted octanol–water partition coefficient (Wildman–Crippen LogP) is 4.02. The Morgan fingerprint density at radius 1 is 1.06 bits per heavy atom. The molecule has 11 heteroatoms. The van der Waals surface area contributed by atoms with E-state index in [1.165, 1.54) is 31.2 Å². The average Bonchev–Trinajstić information content (AvgIpc) is 2.76. The van der Waals surface area contributed by atoms with E-state index in [4.69, 9.17) is 4.74 Å². The van der Waals surface area contributed by atoms with Crippen molar-refractivity contribution in [3.63, 3.8) is 0 Å². The summed E-state index contributed by atoms with van der Waals surface area (Å²) >= 11 is 0.922. The van der Waals surface area contributed by atoms with Gasteiger partial charge in [0.1, 0.15) is 17.6 Å². The molecule has 6 nitrogen and oxygen atoms in total. The molecule has 0 aliphatic carbocycles. The highest BCUT2D eigenvalue weighted by Crippen LogP contribution is 2.19. The van der Waals surface area contributed by atoms with Crippen LogP contribution in [0.3, 0.4) is 0 Å². The standard InChI is InChI=1S/C22H22F4N2O4S/c1-15(33-13-19(29)27-18-9-7-17(23)8-10-18)21(31)32-12-20(30)28(14-22(24,25)26)11-16-5-3-2-4-6-16/h2-10,15H,11-14H2,1H3,(H,27,29)/t15-/m0/s1. The number of nitrogens with one attached hydrogen (secondary N) is 1. The third kappa shape index (κ3) is 9.94. The van der Waals surface area contributed by atoms with Crippen LogP contribution in [-0.4, -0.2) is 53.0 Å². The van der Waals surface area contributed by atoms with Gasteiger partial charge in [0.05, 0.1) is 5.75 Å². The van der Waals surface area contributed by atoms with E-state index >= 15 is 0 Å². The molecule has 33 heavy (non-hydrogen) atoms. The number of anilines is 1. The summed E-state index contributed by atoms with van der Waals surface area (Å²) in [5.74, 6) is -2.85. The van der Waals surface area contributed by atoms with E-state index in [1.807, 2.05) is 0 Å². The number of hydrogen-bond donors (Lipinski definition) is 1. The Balaban J connectivity index is 1.82. The van der Waals surface area contributed by atoms with E-state index in [0.29, 0.717) is 16.2 Å². The van der Waals surface area contributed by atoms with Crippen molar-refractivity contribution in [2.24, 2.45) is 0 Å². The first-order valence-corrected chi connectivity index (χ1v) is 10.8. The zero-order valence-corrected chi connectivity index (χ0v) is 18.4. The fourth-order valence-electron chi connectivity index (χ4n) is 2.59. The van der Waals surface area contributed by atoms with Gasteiger partial charge in [-0.1, -0.05) is 30.3 Å². The fraction of sp³-hybridized carbons (Fsp3) is 0.318. The van der Waals surface area contributed by atoms with Gasteiger partial charge >= 0.3 is 12.1 Å². The molecule has 2 rings (SSSR count). The summed E-state index contributed by atoms with van der Waals surface area (Å²) in [5, 5.41) is 1.68. The number of hydrogen-bond acceptors (Lipinski definition) is 5. The largest absolute Gasteiger partial charge is 0.455 e. The summed E-state index contributed by atoms with van der Waals surface area (Å²) in [5.41, 5.74) is 0.878. The highest BCUT2D eigenvalue weighted by Gasteiger charge is 2.33. The van der Waals surface area contributed by atoms with Gasteiger partial charge in [0, 0.05) is 12.2 Å². The minimum absolute atomic E-state index is 0.129. The molecule has 1 N–H and O–H groups in total. The second-order valence-corrected chi connectivity index (χ2v) is 8.30. The molecule has 0 fully saturated rings. The monoisotopic (exact) mass is 486 g/mol. The molecule has 0 spiro atoms.